The summed E-state index contributed by atoms with van der Waals surface area (Å²) in [6.45, 7) is 0. The lowest BCUT2D eigenvalue weighted by molar-refractivity contribution is 0.600. The fourth-order valence-corrected chi connectivity index (χ4v) is 4.14. The van der Waals surface area contributed by atoms with Crippen molar-refractivity contribution in [2.24, 2.45) is 0 Å². The van der Waals surface area contributed by atoms with E-state index in [2.05, 4.69) is 4.72 Å². The van der Waals surface area contributed by atoms with Crippen LogP contribution in [0.5, 0.6) is 0 Å². The van der Waals surface area contributed by atoms with Crippen molar-refractivity contribution in [2.45, 2.75) is 9.79 Å². The fraction of sp³-hybridized carbons (Fsp3) is 0.0769. The van der Waals surface area contributed by atoms with E-state index in [9.17, 15) is 16.8 Å². The minimum Gasteiger partial charge on any atom is -0.280 e. The van der Waals surface area contributed by atoms with Crippen LogP contribution < -0.4 is 4.72 Å². The monoisotopic (exact) mass is 379 g/mol. The average Bonchev–Trinajstić information content (AvgIpc) is 2.37. The Morgan fingerprint density at radius 1 is 0.909 bits per heavy atom. The summed E-state index contributed by atoms with van der Waals surface area (Å²) in [6, 6.07) is 9.37. The van der Waals surface area contributed by atoms with Gasteiger partial charge in [-0.3, -0.25) is 4.72 Å². The predicted octanol–water partition coefficient (Wildman–Crippen LogP) is 3.20. The van der Waals surface area contributed by atoms with Gasteiger partial charge in [0.2, 0.25) is 0 Å². The second kappa shape index (κ2) is 6.08. The highest BCUT2D eigenvalue weighted by Gasteiger charge is 2.18. The van der Waals surface area contributed by atoms with Gasteiger partial charge < -0.3 is 0 Å². The second-order valence-electron chi connectivity index (χ2n) is 4.48. The van der Waals surface area contributed by atoms with Gasteiger partial charge in [0.1, 0.15) is 4.90 Å². The van der Waals surface area contributed by atoms with Crippen molar-refractivity contribution in [1.29, 1.82) is 0 Å². The number of rotatable bonds is 4. The molecule has 0 heterocycles. The number of anilines is 1. The van der Waals surface area contributed by atoms with Gasteiger partial charge in [-0.05, 0) is 42.5 Å². The van der Waals surface area contributed by atoms with E-state index in [0.717, 1.165) is 6.26 Å². The third kappa shape index (κ3) is 3.92. The molecule has 5 nitrogen and oxygen atoms in total. The zero-order chi connectivity index (χ0) is 16.5. The first kappa shape index (κ1) is 17.1. The molecule has 0 radical (unpaired) electrons. The lowest BCUT2D eigenvalue weighted by atomic mass is 10.3. The molecule has 0 fully saturated rings. The molecule has 0 unspecified atom stereocenters. The molecule has 0 bridgehead atoms. The Labute approximate surface area is 138 Å². The molecule has 2 aromatic rings. The van der Waals surface area contributed by atoms with Crippen LogP contribution in [-0.2, 0) is 19.9 Å². The molecule has 0 saturated heterocycles. The summed E-state index contributed by atoms with van der Waals surface area (Å²) in [4.78, 5) is -0.0225. The fourth-order valence-electron chi connectivity index (χ4n) is 1.67. The number of sulfonamides is 1. The van der Waals surface area contributed by atoms with Crippen LogP contribution in [0.1, 0.15) is 0 Å². The Hall–Kier alpha value is -1.28. The summed E-state index contributed by atoms with van der Waals surface area (Å²) in [6.07, 6.45) is 1.07. The van der Waals surface area contributed by atoms with Crippen LogP contribution in [0.2, 0.25) is 10.0 Å². The first-order chi connectivity index (χ1) is 10.1. The van der Waals surface area contributed by atoms with Gasteiger partial charge in [0.15, 0.2) is 9.84 Å². The standard InChI is InChI=1S/C13H11Cl2NO4S2/c1-21(17,18)11-5-3-10(4-6-11)16-22(19,20)13-7-2-9(14)8-12(13)15/h2-8,16H,1H3. The Balaban J connectivity index is 2.33. The summed E-state index contributed by atoms with van der Waals surface area (Å²) < 4.78 is 49.6. The zero-order valence-electron chi connectivity index (χ0n) is 11.2. The summed E-state index contributed by atoms with van der Waals surface area (Å²) >= 11 is 11.6. The summed E-state index contributed by atoms with van der Waals surface area (Å²) in [7, 11) is -7.24. The van der Waals surface area contributed by atoms with Crippen molar-refractivity contribution in [2.75, 3.05) is 11.0 Å². The lowest BCUT2D eigenvalue weighted by Crippen LogP contribution is -2.13. The van der Waals surface area contributed by atoms with E-state index < -0.39 is 19.9 Å². The van der Waals surface area contributed by atoms with Crippen molar-refractivity contribution >= 4 is 48.7 Å². The molecular weight excluding hydrogens is 369 g/mol. The van der Waals surface area contributed by atoms with Crippen LogP contribution in [0.4, 0.5) is 5.69 Å². The third-order valence-corrected chi connectivity index (χ3v) is 5.95. The molecule has 2 rings (SSSR count). The van der Waals surface area contributed by atoms with Crippen LogP contribution in [0.15, 0.2) is 52.3 Å². The SMILES string of the molecule is CS(=O)(=O)c1ccc(NS(=O)(=O)c2ccc(Cl)cc2Cl)cc1. The minimum atomic E-state index is -3.90. The van der Waals surface area contributed by atoms with E-state index in [0.29, 0.717) is 5.02 Å². The second-order valence-corrected chi connectivity index (χ2v) is 8.99. The normalized spacial score (nSPS) is 12.1. The van der Waals surface area contributed by atoms with Gasteiger partial charge >= 0.3 is 0 Å². The highest BCUT2D eigenvalue weighted by molar-refractivity contribution is 7.92. The summed E-state index contributed by atoms with van der Waals surface area (Å²) in [5.74, 6) is 0. The van der Waals surface area contributed by atoms with Crippen molar-refractivity contribution in [3.8, 4) is 0 Å². The number of hydrogen-bond donors (Lipinski definition) is 1. The van der Waals surface area contributed by atoms with Gasteiger partial charge in [0.05, 0.1) is 9.92 Å². The minimum absolute atomic E-state index is 0.00671. The number of hydrogen-bond acceptors (Lipinski definition) is 4. The molecule has 0 amide bonds. The van der Waals surface area contributed by atoms with E-state index >= 15 is 0 Å². The van der Waals surface area contributed by atoms with Crippen molar-refractivity contribution < 1.29 is 16.8 Å². The molecule has 2 aromatic carbocycles. The van der Waals surface area contributed by atoms with Gasteiger partial charge in [-0.1, -0.05) is 23.2 Å². The van der Waals surface area contributed by atoms with Gasteiger partial charge in [-0.15, -0.1) is 0 Å². The van der Waals surface area contributed by atoms with Crippen molar-refractivity contribution in [3.63, 3.8) is 0 Å². The van der Waals surface area contributed by atoms with Gasteiger partial charge in [0.25, 0.3) is 10.0 Å². The molecule has 118 valence electrons. The first-order valence-corrected chi connectivity index (χ1v) is 10.0. The maximum absolute atomic E-state index is 12.3. The van der Waals surface area contributed by atoms with Crippen LogP contribution in [0.25, 0.3) is 0 Å². The maximum atomic E-state index is 12.3. The third-order valence-electron chi connectivity index (χ3n) is 2.72. The van der Waals surface area contributed by atoms with E-state index in [1.165, 1.54) is 42.5 Å². The van der Waals surface area contributed by atoms with Crippen LogP contribution in [0.3, 0.4) is 0 Å². The smallest absolute Gasteiger partial charge is 0.263 e. The zero-order valence-corrected chi connectivity index (χ0v) is 14.4. The van der Waals surface area contributed by atoms with Crippen LogP contribution in [0, 0.1) is 0 Å². The molecule has 0 saturated carbocycles. The molecule has 1 N–H and O–H groups in total. The molecule has 0 aromatic heterocycles. The van der Waals surface area contributed by atoms with Gasteiger partial charge in [0, 0.05) is 17.0 Å². The predicted molar refractivity (Wildman–Crippen MR) is 86.8 cm³/mol. The summed E-state index contributed by atoms with van der Waals surface area (Å²) in [5.41, 5.74) is 0.221. The van der Waals surface area contributed by atoms with Gasteiger partial charge in [-0.2, -0.15) is 0 Å². The summed E-state index contributed by atoms with van der Waals surface area (Å²) in [5, 5.41) is 0.314. The maximum Gasteiger partial charge on any atom is 0.263 e. The van der Waals surface area contributed by atoms with Crippen molar-refractivity contribution in [3.05, 3.63) is 52.5 Å². The largest absolute Gasteiger partial charge is 0.280 e. The number of sulfone groups is 1. The van der Waals surface area contributed by atoms with Crippen LogP contribution in [-0.4, -0.2) is 23.1 Å². The van der Waals surface area contributed by atoms with E-state index in [1.54, 1.807) is 0 Å². The van der Waals surface area contributed by atoms with Crippen molar-refractivity contribution in [1.82, 2.24) is 0 Å². The average molecular weight is 380 g/mol. The quantitative estimate of drug-likeness (QED) is 0.884. The lowest BCUT2D eigenvalue weighted by Gasteiger charge is -2.10. The molecule has 0 aliphatic rings. The van der Waals surface area contributed by atoms with Crippen LogP contribution >= 0.6 is 23.2 Å². The first-order valence-electron chi connectivity index (χ1n) is 5.87. The number of benzene rings is 2. The topological polar surface area (TPSA) is 80.3 Å². The Morgan fingerprint density at radius 3 is 2.00 bits per heavy atom. The molecule has 0 spiro atoms. The molecule has 0 aliphatic carbocycles. The number of nitrogens with one attached hydrogen (secondary N) is 1. The molecule has 9 heteroatoms. The highest BCUT2D eigenvalue weighted by Crippen LogP contribution is 2.27. The highest BCUT2D eigenvalue weighted by atomic mass is 35.5. The van der Waals surface area contributed by atoms with E-state index in [-0.39, 0.29) is 20.5 Å². The molecule has 22 heavy (non-hydrogen) atoms. The van der Waals surface area contributed by atoms with Gasteiger partial charge in [-0.25, -0.2) is 16.8 Å². The number of halogens is 2. The molecule has 0 aliphatic heterocycles. The van der Waals surface area contributed by atoms with E-state index in [1.807, 2.05) is 0 Å². The Morgan fingerprint density at radius 2 is 1.50 bits per heavy atom. The Bertz CT molecular complexity index is 908. The molecular formula is C13H11Cl2NO4S2. The Kier molecular flexibility index (Phi) is 4.72. The molecule has 0 atom stereocenters. The van der Waals surface area contributed by atoms with E-state index in [4.69, 9.17) is 23.2 Å².